The van der Waals surface area contributed by atoms with E-state index in [1.807, 2.05) is 0 Å². The third kappa shape index (κ3) is 2.78. The molecule has 0 radical (unpaired) electrons. The first kappa shape index (κ1) is 11.2. The van der Waals surface area contributed by atoms with Gasteiger partial charge in [-0.3, -0.25) is 10.1 Å². The molecule has 1 N–H and O–H groups in total. The van der Waals surface area contributed by atoms with Gasteiger partial charge in [0.1, 0.15) is 0 Å². The topological polar surface area (TPSA) is 80.4 Å². The lowest BCUT2D eigenvalue weighted by atomic mass is 10.1. The van der Waals surface area contributed by atoms with Crippen molar-refractivity contribution >= 4 is 28.3 Å². The van der Waals surface area contributed by atoms with Crippen LogP contribution in [0.3, 0.4) is 0 Å². The van der Waals surface area contributed by atoms with Crippen molar-refractivity contribution in [3.63, 3.8) is 0 Å². The molecule has 1 aromatic rings. The van der Waals surface area contributed by atoms with Gasteiger partial charge in [0.25, 0.3) is 5.69 Å². The Hall–Kier alpha value is -1.88. The van der Waals surface area contributed by atoms with E-state index in [9.17, 15) is 14.9 Å². The number of nitro groups is 1. The van der Waals surface area contributed by atoms with Gasteiger partial charge >= 0.3 is 5.97 Å². The van der Waals surface area contributed by atoms with Crippen molar-refractivity contribution in [2.75, 3.05) is 0 Å². The van der Waals surface area contributed by atoms with Crippen LogP contribution in [-0.4, -0.2) is 16.0 Å². The maximum atomic E-state index is 10.6. The van der Waals surface area contributed by atoms with Crippen molar-refractivity contribution in [2.24, 2.45) is 0 Å². The number of carboxylic acids is 1. The zero-order valence-corrected chi connectivity index (χ0v) is 8.14. The highest BCUT2D eigenvalue weighted by atomic mass is 35.5. The van der Waals surface area contributed by atoms with Gasteiger partial charge in [0.05, 0.1) is 15.5 Å². The molecule has 0 atom stereocenters. The molecule has 5 nitrogen and oxygen atoms in total. The van der Waals surface area contributed by atoms with Gasteiger partial charge in [-0.25, -0.2) is 4.79 Å². The predicted molar refractivity (Wildman–Crippen MR) is 54.6 cm³/mol. The molecule has 0 fully saturated rings. The minimum absolute atomic E-state index is 0.0894. The summed E-state index contributed by atoms with van der Waals surface area (Å²) in [6.07, 6.45) is 0.712. The molecular weight excluding hydrogens is 222 g/mol. The summed E-state index contributed by atoms with van der Waals surface area (Å²) in [7, 11) is 0. The summed E-state index contributed by atoms with van der Waals surface area (Å²) in [5.41, 5.74) is -0.133. The first-order chi connectivity index (χ1) is 7.02. The number of carbonyl (C=O) groups is 1. The summed E-state index contributed by atoms with van der Waals surface area (Å²) < 4.78 is 0. The second-order valence-electron chi connectivity index (χ2n) is 2.60. The van der Waals surface area contributed by atoms with Gasteiger partial charge < -0.3 is 5.11 Å². The molecule has 0 aliphatic rings. The fraction of sp³-hybridized carbons (Fsp3) is 0. The largest absolute Gasteiger partial charge is 0.478 e. The molecule has 0 heterocycles. The molecule has 0 saturated heterocycles. The fourth-order valence-electron chi connectivity index (χ4n) is 1.02. The van der Waals surface area contributed by atoms with Crippen LogP contribution in [0.1, 0.15) is 5.56 Å². The molecule has 1 aromatic carbocycles. The molecule has 15 heavy (non-hydrogen) atoms. The zero-order chi connectivity index (χ0) is 11.4. The van der Waals surface area contributed by atoms with Crippen LogP contribution in [0.2, 0.25) is 0 Å². The molecule has 1 rings (SSSR count). The smallest absolute Gasteiger partial charge is 0.329 e. The van der Waals surface area contributed by atoms with Gasteiger partial charge in [0.15, 0.2) is 0 Å². The van der Waals surface area contributed by atoms with Crippen LogP contribution >= 0.6 is 11.6 Å². The number of halogens is 1. The molecule has 0 aliphatic carbocycles. The van der Waals surface area contributed by atoms with Crippen LogP contribution in [0.25, 0.3) is 5.03 Å². The number of carboxylic acid groups (broad SMARTS) is 1. The van der Waals surface area contributed by atoms with E-state index >= 15 is 0 Å². The lowest BCUT2D eigenvalue weighted by Gasteiger charge is -1.99. The fourth-order valence-corrected chi connectivity index (χ4v) is 1.27. The van der Waals surface area contributed by atoms with Crippen molar-refractivity contribution in [3.8, 4) is 0 Å². The second kappa shape index (κ2) is 4.56. The van der Waals surface area contributed by atoms with Crippen LogP contribution in [0, 0.1) is 10.1 Å². The maximum Gasteiger partial charge on any atom is 0.329 e. The number of nitrogens with zero attached hydrogens (tertiary/aromatic N) is 1. The molecular formula is C9H6ClNO4. The number of hydrogen-bond donors (Lipinski definition) is 1. The van der Waals surface area contributed by atoms with Gasteiger partial charge in [0.2, 0.25) is 0 Å². The average molecular weight is 228 g/mol. The summed E-state index contributed by atoms with van der Waals surface area (Å²) in [6, 6.07) is 5.67. The Morgan fingerprint density at radius 1 is 1.47 bits per heavy atom. The van der Waals surface area contributed by atoms with E-state index in [4.69, 9.17) is 16.7 Å². The molecule has 0 spiro atoms. The molecule has 78 valence electrons. The number of benzene rings is 1. The van der Waals surface area contributed by atoms with Crippen LogP contribution in [0.4, 0.5) is 5.69 Å². The lowest BCUT2D eigenvalue weighted by molar-refractivity contribution is -0.385. The Labute approximate surface area is 89.7 Å². The first-order valence-corrected chi connectivity index (χ1v) is 4.24. The number of aliphatic carboxylic acids is 1. The highest BCUT2D eigenvalue weighted by Gasteiger charge is 2.15. The molecule has 0 saturated carbocycles. The lowest BCUT2D eigenvalue weighted by Crippen LogP contribution is -1.94. The maximum absolute atomic E-state index is 10.6. The molecule has 0 aromatic heterocycles. The van der Waals surface area contributed by atoms with Crippen LogP contribution < -0.4 is 0 Å². The van der Waals surface area contributed by atoms with Crippen LogP contribution in [0.15, 0.2) is 30.3 Å². The van der Waals surface area contributed by atoms with Gasteiger partial charge in [-0.15, -0.1) is 0 Å². The average Bonchev–Trinajstić information content (AvgIpc) is 2.16. The van der Waals surface area contributed by atoms with Gasteiger partial charge in [0, 0.05) is 12.1 Å². The third-order valence-corrected chi connectivity index (χ3v) is 1.92. The van der Waals surface area contributed by atoms with E-state index in [1.165, 1.54) is 18.2 Å². The van der Waals surface area contributed by atoms with E-state index in [1.54, 1.807) is 6.07 Å². The highest BCUT2D eigenvalue weighted by Crippen LogP contribution is 2.27. The Bertz CT molecular complexity index is 441. The van der Waals surface area contributed by atoms with Crippen molar-refractivity contribution in [3.05, 3.63) is 46.0 Å². The monoisotopic (exact) mass is 227 g/mol. The zero-order valence-electron chi connectivity index (χ0n) is 7.38. The van der Waals surface area contributed by atoms with E-state index < -0.39 is 10.9 Å². The molecule has 0 amide bonds. The summed E-state index contributed by atoms with van der Waals surface area (Å²) in [5.74, 6) is -1.25. The van der Waals surface area contributed by atoms with Crippen molar-refractivity contribution in [1.29, 1.82) is 0 Å². The second-order valence-corrected chi connectivity index (χ2v) is 3.01. The normalized spacial score (nSPS) is 11.1. The van der Waals surface area contributed by atoms with E-state index in [-0.39, 0.29) is 16.3 Å². The summed E-state index contributed by atoms with van der Waals surface area (Å²) in [6.45, 7) is 0. The number of hydrogen-bond acceptors (Lipinski definition) is 3. The van der Waals surface area contributed by atoms with Crippen LogP contribution in [-0.2, 0) is 4.79 Å². The predicted octanol–water partition coefficient (Wildman–Crippen LogP) is 2.26. The van der Waals surface area contributed by atoms with Gasteiger partial charge in [-0.2, -0.15) is 0 Å². The summed E-state index contributed by atoms with van der Waals surface area (Å²) in [5, 5.41) is 18.9. The van der Waals surface area contributed by atoms with Crippen molar-refractivity contribution in [1.82, 2.24) is 0 Å². The van der Waals surface area contributed by atoms with Gasteiger partial charge in [-0.1, -0.05) is 23.7 Å². The quantitative estimate of drug-likeness (QED) is 0.488. The van der Waals surface area contributed by atoms with Crippen LogP contribution in [0.5, 0.6) is 0 Å². The Balaban J connectivity index is 3.25. The van der Waals surface area contributed by atoms with Crippen molar-refractivity contribution < 1.29 is 14.8 Å². The van der Waals surface area contributed by atoms with E-state index in [2.05, 4.69) is 0 Å². The minimum atomic E-state index is -1.25. The summed E-state index contributed by atoms with van der Waals surface area (Å²) in [4.78, 5) is 20.3. The highest BCUT2D eigenvalue weighted by molar-refractivity contribution is 6.50. The SMILES string of the molecule is O=C(O)/C=C(/Cl)c1ccccc1[N+](=O)[O-]. The number of nitro benzene ring substituents is 1. The third-order valence-electron chi connectivity index (χ3n) is 1.61. The van der Waals surface area contributed by atoms with Gasteiger partial charge in [-0.05, 0) is 6.07 Å². The van der Waals surface area contributed by atoms with Crippen molar-refractivity contribution in [2.45, 2.75) is 0 Å². The van der Waals surface area contributed by atoms with E-state index in [0.29, 0.717) is 6.08 Å². The van der Waals surface area contributed by atoms with E-state index in [0.717, 1.165) is 0 Å². The Morgan fingerprint density at radius 2 is 2.07 bits per heavy atom. The molecule has 6 heteroatoms. The minimum Gasteiger partial charge on any atom is -0.478 e. The summed E-state index contributed by atoms with van der Waals surface area (Å²) >= 11 is 5.63. The Morgan fingerprint density at radius 3 is 2.60 bits per heavy atom. The first-order valence-electron chi connectivity index (χ1n) is 3.86. The number of rotatable bonds is 3. The standard InChI is InChI=1S/C9H6ClNO4/c10-7(5-9(12)13)6-3-1-2-4-8(6)11(14)15/h1-5H,(H,12,13)/b7-5+. The molecule has 0 aliphatic heterocycles. The Kier molecular flexibility index (Phi) is 3.41. The number of para-hydroxylation sites is 1. The molecule has 0 unspecified atom stereocenters. The molecule has 0 bridgehead atoms.